The highest BCUT2D eigenvalue weighted by molar-refractivity contribution is 6.35. The Bertz CT molecular complexity index is 899. The number of hydrogen-bond donors (Lipinski definition) is 2. The van der Waals surface area contributed by atoms with E-state index in [0.717, 1.165) is 16.7 Å². The van der Waals surface area contributed by atoms with E-state index in [9.17, 15) is 14.4 Å². The van der Waals surface area contributed by atoms with Crippen LogP contribution in [-0.2, 0) is 25.5 Å². The third-order valence-corrected chi connectivity index (χ3v) is 4.89. The number of benzene rings is 2. The van der Waals surface area contributed by atoms with Crippen molar-refractivity contribution in [2.45, 2.75) is 38.6 Å². The van der Waals surface area contributed by atoms with E-state index in [0.29, 0.717) is 16.5 Å². The monoisotopic (exact) mass is 451 g/mol. The molecule has 0 radical (unpaired) electrons. The van der Waals surface area contributed by atoms with Crippen LogP contribution in [0.4, 0.5) is 0 Å². The predicted molar refractivity (Wildman–Crippen MR) is 116 cm³/mol. The van der Waals surface area contributed by atoms with Crippen LogP contribution in [0.2, 0.25) is 10.0 Å². The van der Waals surface area contributed by atoms with Crippen LogP contribution >= 0.6 is 23.2 Å². The zero-order chi connectivity index (χ0) is 22.1. The van der Waals surface area contributed by atoms with E-state index in [2.05, 4.69) is 5.32 Å². The molecule has 2 N–H and O–H groups in total. The van der Waals surface area contributed by atoms with Crippen LogP contribution in [-0.4, -0.2) is 35.6 Å². The van der Waals surface area contributed by atoms with Crippen LogP contribution in [0.5, 0.6) is 0 Å². The smallest absolute Gasteiger partial charge is 0.307 e. The number of amides is 1. The standard InChI is InChI=1S/C22H23Cl2NO5/c1-2-30-22(29)13-17(25-20(26)9-10-21(27)28)11-14-3-5-15(6-4-14)18-12-16(23)7-8-19(18)24/h3-8,12,17H,2,9-11,13H2,1H3,(H,25,26)(H,27,28). The van der Waals surface area contributed by atoms with Crippen LogP contribution in [0.25, 0.3) is 11.1 Å². The molecule has 0 aliphatic carbocycles. The van der Waals surface area contributed by atoms with Gasteiger partial charge in [0.25, 0.3) is 0 Å². The third-order valence-electron chi connectivity index (χ3n) is 4.32. The van der Waals surface area contributed by atoms with Crippen LogP contribution in [0, 0.1) is 0 Å². The molecule has 2 rings (SSSR count). The normalized spacial score (nSPS) is 11.6. The Kier molecular flexibility index (Phi) is 9.15. The molecule has 0 aromatic heterocycles. The van der Waals surface area contributed by atoms with Crippen LogP contribution < -0.4 is 5.32 Å². The van der Waals surface area contributed by atoms with E-state index in [-0.39, 0.29) is 25.9 Å². The van der Waals surface area contributed by atoms with Crippen molar-refractivity contribution in [1.29, 1.82) is 0 Å². The minimum atomic E-state index is -1.05. The zero-order valence-electron chi connectivity index (χ0n) is 16.5. The SMILES string of the molecule is CCOC(=O)CC(Cc1ccc(-c2cc(Cl)ccc2Cl)cc1)NC(=O)CCC(=O)O. The van der Waals surface area contributed by atoms with Gasteiger partial charge in [-0.2, -0.15) is 0 Å². The molecule has 1 unspecified atom stereocenters. The Morgan fingerprint density at radius 1 is 1.07 bits per heavy atom. The van der Waals surface area contributed by atoms with Crippen molar-refractivity contribution in [3.05, 3.63) is 58.1 Å². The molecule has 0 bridgehead atoms. The first-order valence-corrected chi connectivity index (χ1v) is 10.2. The average molecular weight is 452 g/mol. The van der Waals surface area contributed by atoms with Crippen molar-refractivity contribution >= 4 is 41.0 Å². The van der Waals surface area contributed by atoms with Gasteiger partial charge in [-0.3, -0.25) is 14.4 Å². The fraction of sp³-hybridized carbons (Fsp3) is 0.318. The van der Waals surface area contributed by atoms with Gasteiger partial charge in [0.2, 0.25) is 5.91 Å². The molecular weight excluding hydrogens is 429 g/mol. The number of aliphatic carboxylic acids is 1. The van der Waals surface area contributed by atoms with Gasteiger partial charge < -0.3 is 15.2 Å². The second-order valence-corrected chi connectivity index (χ2v) is 7.54. The number of ether oxygens (including phenoxy) is 1. The van der Waals surface area contributed by atoms with Crippen LogP contribution in [0.3, 0.4) is 0 Å². The van der Waals surface area contributed by atoms with Crippen molar-refractivity contribution in [3.8, 4) is 11.1 Å². The van der Waals surface area contributed by atoms with Crippen molar-refractivity contribution in [1.82, 2.24) is 5.32 Å². The van der Waals surface area contributed by atoms with Gasteiger partial charge in [-0.15, -0.1) is 0 Å². The molecule has 0 fully saturated rings. The van der Waals surface area contributed by atoms with Crippen molar-refractivity contribution in [2.75, 3.05) is 6.61 Å². The summed E-state index contributed by atoms with van der Waals surface area (Å²) >= 11 is 12.3. The fourth-order valence-corrected chi connectivity index (χ4v) is 3.34. The lowest BCUT2D eigenvalue weighted by atomic mass is 9.99. The molecule has 0 spiro atoms. The summed E-state index contributed by atoms with van der Waals surface area (Å²) in [7, 11) is 0. The quantitative estimate of drug-likeness (QED) is 0.518. The van der Waals surface area contributed by atoms with E-state index in [1.807, 2.05) is 24.3 Å². The Morgan fingerprint density at radius 3 is 2.40 bits per heavy atom. The number of halogens is 2. The molecule has 160 valence electrons. The number of esters is 1. The largest absolute Gasteiger partial charge is 0.481 e. The van der Waals surface area contributed by atoms with E-state index in [1.54, 1.807) is 25.1 Å². The van der Waals surface area contributed by atoms with Gasteiger partial charge in [-0.25, -0.2) is 0 Å². The minimum absolute atomic E-state index is 0.00543. The summed E-state index contributed by atoms with van der Waals surface area (Å²) in [5.41, 5.74) is 2.59. The number of carboxylic acids is 1. The van der Waals surface area contributed by atoms with Gasteiger partial charge in [0.1, 0.15) is 0 Å². The lowest BCUT2D eigenvalue weighted by Gasteiger charge is -2.18. The molecule has 1 amide bonds. The molecule has 6 nitrogen and oxygen atoms in total. The van der Waals surface area contributed by atoms with Crippen molar-refractivity contribution < 1.29 is 24.2 Å². The first-order valence-electron chi connectivity index (χ1n) is 9.49. The summed E-state index contributed by atoms with van der Waals surface area (Å²) in [4.78, 5) is 34.6. The molecule has 0 aliphatic heterocycles. The summed E-state index contributed by atoms with van der Waals surface area (Å²) in [5.74, 6) is -1.90. The highest BCUT2D eigenvalue weighted by atomic mass is 35.5. The van der Waals surface area contributed by atoms with Gasteiger partial charge in [0.15, 0.2) is 0 Å². The zero-order valence-corrected chi connectivity index (χ0v) is 18.0. The van der Waals surface area contributed by atoms with E-state index in [4.69, 9.17) is 33.0 Å². The van der Waals surface area contributed by atoms with E-state index in [1.165, 1.54) is 0 Å². The molecule has 0 saturated heterocycles. The summed E-state index contributed by atoms with van der Waals surface area (Å²) in [6, 6.07) is 12.3. The van der Waals surface area contributed by atoms with Gasteiger partial charge in [-0.05, 0) is 42.7 Å². The maximum absolute atomic E-state index is 12.0. The molecule has 2 aromatic carbocycles. The second-order valence-electron chi connectivity index (χ2n) is 6.69. The lowest BCUT2D eigenvalue weighted by Crippen LogP contribution is -2.38. The highest BCUT2D eigenvalue weighted by Crippen LogP contribution is 2.30. The number of carbonyl (C=O) groups excluding carboxylic acids is 2. The Balaban J connectivity index is 2.11. The molecule has 8 heteroatoms. The molecule has 0 heterocycles. The van der Waals surface area contributed by atoms with Gasteiger partial charge in [0.05, 0.1) is 19.4 Å². The maximum Gasteiger partial charge on any atom is 0.307 e. The Hall–Kier alpha value is -2.57. The van der Waals surface area contributed by atoms with Gasteiger partial charge >= 0.3 is 11.9 Å². The Morgan fingerprint density at radius 2 is 1.77 bits per heavy atom. The van der Waals surface area contributed by atoms with E-state index >= 15 is 0 Å². The number of carboxylic acid groups (broad SMARTS) is 1. The molecular formula is C22H23Cl2NO5. The number of carbonyl (C=O) groups is 3. The number of nitrogens with one attached hydrogen (secondary N) is 1. The topological polar surface area (TPSA) is 92.7 Å². The second kappa shape index (κ2) is 11.6. The highest BCUT2D eigenvalue weighted by Gasteiger charge is 2.18. The first-order chi connectivity index (χ1) is 14.3. The molecule has 0 saturated carbocycles. The third kappa shape index (κ3) is 7.69. The summed E-state index contributed by atoms with van der Waals surface area (Å²) < 4.78 is 4.98. The minimum Gasteiger partial charge on any atom is -0.481 e. The molecule has 1 atom stereocenters. The first kappa shape index (κ1) is 23.7. The van der Waals surface area contributed by atoms with Crippen LogP contribution in [0.15, 0.2) is 42.5 Å². The molecule has 0 aliphatic rings. The molecule has 2 aromatic rings. The van der Waals surface area contributed by atoms with Gasteiger partial charge in [0, 0.05) is 28.1 Å². The van der Waals surface area contributed by atoms with Crippen molar-refractivity contribution in [3.63, 3.8) is 0 Å². The van der Waals surface area contributed by atoms with Gasteiger partial charge in [-0.1, -0.05) is 47.5 Å². The van der Waals surface area contributed by atoms with E-state index < -0.39 is 23.9 Å². The summed E-state index contributed by atoms with van der Waals surface area (Å²) in [6.45, 7) is 1.95. The number of rotatable bonds is 10. The Labute approximate surface area is 185 Å². The average Bonchev–Trinajstić information content (AvgIpc) is 2.69. The lowest BCUT2D eigenvalue weighted by molar-refractivity contribution is -0.144. The summed E-state index contributed by atoms with van der Waals surface area (Å²) in [5, 5.41) is 12.6. The van der Waals surface area contributed by atoms with Crippen molar-refractivity contribution in [2.24, 2.45) is 0 Å². The molecule has 30 heavy (non-hydrogen) atoms. The van der Waals surface area contributed by atoms with Crippen LogP contribution in [0.1, 0.15) is 31.7 Å². The number of hydrogen-bond acceptors (Lipinski definition) is 4. The fourth-order valence-electron chi connectivity index (χ4n) is 2.94. The summed E-state index contributed by atoms with van der Waals surface area (Å²) in [6.07, 6.45) is -0.0381. The predicted octanol–water partition coefficient (Wildman–Crippen LogP) is 4.51. The maximum atomic E-state index is 12.0.